The molecule has 4 aliphatic rings. The van der Waals surface area contributed by atoms with Crippen LogP contribution in [-0.4, -0.2) is 11.6 Å². The Balaban J connectivity index is 1.59. The zero-order valence-electron chi connectivity index (χ0n) is 18.9. The van der Waals surface area contributed by atoms with E-state index < -0.39 is 0 Å². The minimum atomic E-state index is -0.311. The Kier molecular flexibility index (Phi) is 5.33. The largest absolute Gasteiger partial charge is 0.299 e. The minimum Gasteiger partial charge on any atom is -0.299 e. The quantitative estimate of drug-likeness (QED) is 0.519. The Morgan fingerprint density at radius 1 is 1.07 bits per heavy atom. The summed E-state index contributed by atoms with van der Waals surface area (Å²) in [5.41, 5.74) is 0.741. The number of hydrogen-bond donors (Lipinski definition) is 0. The molecular formula is C26H42O2. The summed E-state index contributed by atoms with van der Waals surface area (Å²) in [4.78, 5) is 24.8. The molecule has 4 saturated carbocycles. The van der Waals surface area contributed by atoms with Gasteiger partial charge in [-0.3, -0.25) is 9.59 Å². The fourth-order valence-electron chi connectivity index (χ4n) is 9.13. The SMILES string of the molecule is CCC[C@@H](C)[C@H]1CC[C@H]2[C@@H]3CCC4CC(=O)C(C(C)=O)C[C@]4(C)[C@H]3CC[C@]12C. The number of hydrogen-bond acceptors (Lipinski definition) is 2. The molecule has 4 rings (SSSR count). The highest BCUT2D eigenvalue weighted by molar-refractivity contribution is 6.02. The molecule has 0 bridgehead atoms. The molecule has 9 atom stereocenters. The average Bonchev–Trinajstić information content (AvgIpc) is 2.99. The second-order valence-corrected chi connectivity index (χ2v) is 11.7. The molecule has 0 amide bonds. The van der Waals surface area contributed by atoms with Gasteiger partial charge in [0.15, 0.2) is 0 Å². The van der Waals surface area contributed by atoms with Gasteiger partial charge in [-0.25, -0.2) is 0 Å². The molecule has 4 aliphatic carbocycles. The molecule has 0 saturated heterocycles. The Bertz CT molecular complexity index is 638. The van der Waals surface area contributed by atoms with Gasteiger partial charge in [-0.1, -0.05) is 40.5 Å². The van der Waals surface area contributed by atoms with Crippen molar-refractivity contribution < 1.29 is 9.59 Å². The highest BCUT2D eigenvalue weighted by Gasteiger charge is 2.61. The summed E-state index contributed by atoms with van der Waals surface area (Å²) in [6.45, 7) is 11.6. The summed E-state index contributed by atoms with van der Waals surface area (Å²) in [5, 5.41) is 0. The van der Waals surface area contributed by atoms with E-state index in [0.717, 1.165) is 36.0 Å². The molecule has 0 aromatic heterocycles. The molecule has 2 unspecified atom stereocenters. The minimum absolute atomic E-state index is 0.113. The number of ketones is 2. The lowest BCUT2D eigenvalue weighted by molar-refractivity contribution is -0.153. The molecule has 0 heterocycles. The van der Waals surface area contributed by atoms with Gasteiger partial charge in [0, 0.05) is 6.42 Å². The second-order valence-electron chi connectivity index (χ2n) is 11.7. The molecule has 0 N–H and O–H groups in total. The maximum absolute atomic E-state index is 12.6. The zero-order valence-corrected chi connectivity index (χ0v) is 18.9. The van der Waals surface area contributed by atoms with Crippen LogP contribution in [0.1, 0.15) is 98.8 Å². The van der Waals surface area contributed by atoms with Gasteiger partial charge in [0.1, 0.15) is 11.6 Å². The van der Waals surface area contributed by atoms with Crippen LogP contribution < -0.4 is 0 Å². The number of carbonyl (C=O) groups excluding carboxylic acids is 2. The standard InChI is InChI=1S/C26H42O2/c1-6-7-16(2)21-10-11-22-19-9-8-18-14-24(28)20(17(3)27)15-26(18,5)23(19)12-13-25(21,22)4/h16,18-23H,6-15H2,1-5H3/t16-,18?,19+,20?,21-,22+,23+,25-,26+/m1/s1. The van der Waals surface area contributed by atoms with Gasteiger partial charge in [0.25, 0.3) is 0 Å². The van der Waals surface area contributed by atoms with Gasteiger partial charge >= 0.3 is 0 Å². The third-order valence-electron chi connectivity index (χ3n) is 10.5. The first-order valence-corrected chi connectivity index (χ1v) is 12.3. The summed E-state index contributed by atoms with van der Waals surface area (Å²) in [6, 6.07) is 0. The van der Waals surface area contributed by atoms with Gasteiger partial charge in [-0.2, -0.15) is 0 Å². The molecule has 4 fully saturated rings. The van der Waals surface area contributed by atoms with Gasteiger partial charge < -0.3 is 0 Å². The monoisotopic (exact) mass is 386 g/mol. The Morgan fingerprint density at radius 2 is 1.79 bits per heavy atom. The van der Waals surface area contributed by atoms with Crippen LogP contribution in [0.2, 0.25) is 0 Å². The lowest BCUT2D eigenvalue weighted by atomic mass is 9.43. The lowest BCUT2D eigenvalue weighted by Gasteiger charge is -2.61. The van der Waals surface area contributed by atoms with E-state index in [-0.39, 0.29) is 22.9 Å². The second kappa shape index (κ2) is 7.24. The molecule has 28 heavy (non-hydrogen) atoms. The number of fused-ring (bicyclic) bond motifs is 5. The van der Waals surface area contributed by atoms with Crippen LogP contribution in [0.3, 0.4) is 0 Å². The van der Waals surface area contributed by atoms with Crippen molar-refractivity contribution in [3.05, 3.63) is 0 Å². The molecule has 0 aromatic rings. The predicted octanol–water partition coefficient (Wildman–Crippen LogP) is 6.47. The normalized spacial score (nSPS) is 49.1. The van der Waals surface area contributed by atoms with Crippen LogP contribution in [0.5, 0.6) is 0 Å². The van der Waals surface area contributed by atoms with E-state index in [1.165, 1.54) is 51.4 Å². The van der Waals surface area contributed by atoms with Crippen molar-refractivity contribution in [2.45, 2.75) is 98.8 Å². The van der Waals surface area contributed by atoms with Crippen molar-refractivity contribution in [1.82, 2.24) is 0 Å². The average molecular weight is 387 g/mol. The highest BCUT2D eigenvalue weighted by atomic mass is 16.1. The molecule has 2 nitrogen and oxygen atoms in total. The van der Waals surface area contributed by atoms with Gasteiger partial charge in [-0.05, 0) is 98.2 Å². The third-order valence-corrected chi connectivity index (χ3v) is 10.5. The highest BCUT2D eigenvalue weighted by Crippen LogP contribution is 2.68. The third kappa shape index (κ3) is 2.95. The van der Waals surface area contributed by atoms with Gasteiger partial charge in [-0.15, -0.1) is 0 Å². The van der Waals surface area contributed by atoms with Gasteiger partial charge in [0.05, 0.1) is 5.92 Å². The van der Waals surface area contributed by atoms with E-state index in [2.05, 4.69) is 27.7 Å². The Morgan fingerprint density at radius 3 is 2.46 bits per heavy atom. The van der Waals surface area contributed by atoms with E-state index in [0.29, 0.717) is 17.8 Å². The number of carbonyl (C=O) groups is 2. The predicted molar refractivity (Wildman–Crippen MR) is 114 cm³/mol. The smallest absolute Gasteiger partial charge is 0.143 e. The van der Waals surface area contributed by atoms with E-state index in [1.807, 2.05) is 0 Å². The van der Waals surface area contributed by atoms with Gasteiger partial charge in [0.2, 0.25) is 0 Å². The van der Waals surface area contributed by atoms with Crippen molar-refractivity contribution in [2.75, 3.05) is 0 Å². The molecular weight excluding hydrogens is 344 g/mol. The molecule has 0 spiro atoms. The van der Waals surface area contributed by atoms with Crippen LogP contribution in [0, 0.1) is 52.3 Å². The van der Waals surface area contributed by atoms with Crippen LogP contribution in [-0.2, 0) is 9.59 Å². The molecule has 0 aliphatic heterocycles. The molecule has 0 aromatic carbocycles. The van der Waals surface area contributed by atoms with E-state index in [9.17, 15) is 9.59 Å². The topological polar surface area (TPSA) is 34.1 Å². The molecule has 0 radical (unpaired) electrons. The maximum atomic E-state index is 12.6. The first kappa shape index (κ1) is 20.6. The van der Waals surface area contributed by atoms with Crippen LogP contribution in [0.15, 0.2) is 0 Å². The lowest BCUT2D eigenvalue weighted by Crippen LogP contribution is -2.55. The van der Waals surface area contributed by atoms with E-state index in [4.69, 9.17) is 0 Å². The van der Waals surface area contributed by atoms with Crippen molar-refractivity contribution in [3.8, 4) is 0 Å². The first-order valence-electron chi connectivity index (χ1n) is 12.3. The Labute approximate surface area is 172 Å². The van der Waals surface area contributed by atoms with Crippen LogP contribution in [0.4, 0.5) is 0 Å². The zero-order chi connectivity index (χ0) is 20.3. The fourth-order valence-corrected chi connectivity index (χ4v) is 9.13. The van der Waals surface area contributed by atoms with Crippen molar-refractivity contribution >= 4 is 11.6 Å². The summed E-state index contributed by atoms with van der Waals surface area (Å²) >= 11 is 0. The van der Waals surface area contributed by atoms with E-state index >= 15 is 0 Å². The molecule has 158 valence electrons. The molecule has 2 heteroatoms. The Hall–Kier alpha value is -0.660. The first-order chi connectivity index (χ1) is 13.2. The van der Waals surface area contributed by atoms with Crippen LogP contribution >= 0.6 is 0 Å². The maximum Gasteiger partial charge on any atom is 0.143 e. The van der Waals surface area contributed by atoms with E-state index in [1.54, 1.807) is 6.92 Å². The fraction of sp³-hybridized carbons (Fsp3) is 0.923. The van der Waals surface area contributed by atoms with Crippen molar-refractivity contribution in [1.29, 1.82) is 0 Å². The number of Topliss-reactive ketones (excluding diaryl/α,β-unsaturated/α-hetero) is 2. The summed E-state index contributed by atoms with van der Waals surface area (Å²) in [5.74, 6) is 4.78. The summed E-state index contributed by atoms with van der Waals surface area (Å²) in [7, 11) is 0. The van der Waals surface area contributed by atoms with Crippen LogP contribution in [0.25, 0.3) is 0 Å². The summed E-state index contributed by atoms with van der Waals surface area (Å²) < 4.78 is 0. The van der Waals surface area contributed by atoms with Crippen molar-refractivity contribution in [2.24, 2.45) is 52.3 Å². The van der Waals surface area contributed by atoms with Crippen molar-refractivity contribution in [3.63, 3.8) is 0 Å². The number of rotatable bonds is 4. The summed E-state index contributed by atoms with van der Waals surface area (Å²) in [6.07, 6.45) is 12.3.